The molecule has 0 radical (unpaired) electrons. The Kier molecular flexibility index (Phi) is 5.04. The average Bonchev–Trinajstić information content (AvgIpc) is 3.15. The molecular weight excluding hydrogens is 384 g/mol. The Balaban J connectivity index is 1.37. The zero-order chi connectivity index (χ0) is 19.8. The maximum absolute atomic E-state index is 13.3. The fraction of sp³-hybridized carbons (Fsp3) is 0.591. The molecule has 1 aromatic carbocycles. The molecule has 29 heavy (non-hydrogen) atoms. The topological polar surface area (TPSA) is 65.5 Å². The van der Waals surface area contributed by atoms with Gasteiger partial charge in [0.15, 0.2) is 0 Å². The fourth-order valence-electron chi connectivity index (χ4n) is 5.13. The first-order valence-corrected chi connectivity index (χ1v) is 11.7. The van der Waals surface area contributed by atoms with Gasteiger partial charge in [0, 0.05) is 6.54 Å². The number of para-hydroxylation sites is 1. The lowest BCUT2D eigenvalue weighted by Crippen LogP contribution is -2.48. The van der Waals surface area contributed by atoms with Crippen molar-refractivity contribution in [3.05, 3.63) is 29.3 Å². The maximum Gasteiger partial charge on any atom is 0.326 e. The number of imide groups is 1. The number of fused-ring (bicyclic) bond motifs is 1. The minimum absolute atomic E-state index is 0.0157. The number of aromatic nitrogens is 1. The number of piperidine rings is 1. The molecule has 6 nitrogen and oxygen atoms in total. The summed E-state index contributed by atoms with van der Waals surface area (Å²) in [5.41, 5.74) is 0.375. The summed E-state index contributed by atoms with van der Waals surface area (Å²) < 4.78 is 1.19. The van der Waals surface area contributed by atoms with Gasteiger partial charge >= 0.3 is 6.03 Å². The Bertz CT molecular complexity index is 885. The standard InChI is InChI=1S/C22H28N4O2S/c27-20-22(12-6-1-2-7-13-22)24-21(28)26(20)15-25-14-8-5-10-17(25)19-23-16-9-3-4-11-18(16)29-19/h3-4,9,11,17H,1-2,5-8,10,12-15H2,(H,24,28)/t17-/m0/s1. The molecule has 1 aliphatic carbocycles. The van der Waals surface area contributed by atoms with Crippen molar-refractivity contribution in [1.29, 1.82) is 0 Å². The molecule has 154 valence electrons. The van der Waals surface area contributed by atoms with Crippen LogP contribution in [0.1, 0.15) is 68.8 Å². The van der Waals surface area contributed by atoms with Crippen LogP contribution in [0.3, 0.4) is 0 Å². The van der Waals surface area contributed by atoms with Gasteiger partial charge in [-0.2, -0.15) is 0 Å². The molecule has 3 aliphatic rings. The van der Waals surface area contributed by atoms with Crippen LogP contribution in [0, 0.1) is 0 Å². The monoisotopic (exact) mass is 412 g/mol. The van der Waals surface area contributed by atoms with Gasteiger partial charge in [-0.3, -0.25) is 9.69 Å². The third-order valence-electron chi connectivity index (χ3n) is 6.74. The van der Waals surface area contributed by atoms with Gasteiger partial charge in [0.1, 0.15) is 10.5 Å². The largest absolute Gasteiger partial charge is 0.326 e. The van der Waals surface area contributed by atoms with Crippen LogP contribution in [0.25, 0.3) is 10.2 Å². The van der Waals surface area contributed by atoms with Crippen molar-refractivity contribution >= 4 is 33.5 Å². The molecule has 3 fully saturated rings. The SMILES string of the molecule is O=C1NC2(CCCCCC2)C(=O)N1CN1CCCC[C@H]1c1nc2ccccc2s1. The summed E-state index contributed by atoms with van der Waals surface area (Å²) in [5, 5.41) is 4.17. The van der Waals surface area contributed by atoms with Crippen molar-refractivity contribution < 1.29 is 9.59 Å². The van der Waals surface area contributed by atoms with Gasteiger partial charge in [-0.05, 0) is 37.8 Å². The van der Waals surface area contributed by atoms with Crippen LogP contribution in [-0.4, -0.2) is 45.5 Å². The lowest BCUT2D eigenvalue weighted by Gasteiger charge is -2.36. The number of amides is 3. The van der Waals surface area contributed by atoms with Gasteiger partial charge < -0.3 is 5.32 Å². The first-order chi connectivity index (χ1) is 14.2. The van der Waals surface area contributed by atoms with Crippen molar-refractivity contribution in [3.8, 4) is 0 Å². The van der Waals surface area contributed by atoms with Gasteiger partial charge in [0.05, 0.1) is 22.9 Å². The van der Waals surface area contributed by atoms with Crippen LogP contribution in [0.2, 0.25) is 0 Å². The number of nitrogens with one attached hydrogen (secondary N) is 1. The Morgan fingerprint density at radius 3 is 2.66 bits per heavy atom. The molecule has 1 saturated carbocycles. The number of carbonyl (C=O) groups excluding carboxylic acids is 2. The number of hydrogen-bond acceptors (Lipinski definition) is 5. The summed E-state index contributed by atoms with van der Waals surface area (Å²) in [7, 11) is 0. The van der Waals surface area contributed by atoms with E-state index < -0.39 is 5.54 Å². The van der Waals surface area contributed by atoms with E-state index in [4.69, 9.17) is 4.98 Å². The highest BCUT2D eigenvalue weighted by molar-refractivity contribution is 7.18. The predicted molar refractivity (Wildman–Crippen MR) is 114 cm³/mol. The molecule has 1 spiro atoms. The van der Waals surface area contributed by atoms with Crippen molar-refractivity contribution in [2.75, 3.05) is 13.2 Å². The first kappa shape index (κ1) is 19.0. The Morgan fingerprint density at radius 2 is 1.86 bits per heavy atom. The second-order valence-electron chi connectivity index (χ2n) is 8.64. The summed E-state index contributed by atoms with van der Waals surface area (Å²) >= 11 is 1.73. The highest BCUT2D eigenvalue weighted by Gasteiger charge is 2.51. The van der Waals surface area contributed by atoms with Crippen molar-refractivity contribution in [1.82, 2.24) is 20.1 Å². The zero-order valence-electron chi connectivity index (χ0n) is 16.7. The molecule has 1 N–H and O–H groups in total. The minimum atomic E-state index is -0.658. The summed E-state index contributed by atoms with van der Waals surface area (Å²) in [6, 6.07) is 8.18. The van der Waals surface area contributed by atoms with Crippen molar-refractivity contribution in [3.63, 3.8) is 0 Å². The highest BCUT2D eigenvalue weighted by atomic mass is 32.1. The van der Waals surface area contributed by atoms with Crippen molar-refractivity contribution in [2.45, 2.75) is 69.4 Å². The van der Waals surface area contributed by atoms with Crippen LogP contribution in [0.5, 0.6) is 0 Å². The number of thiazole rings is 1. The molecule has 7 heteroatoms. The molecule has 5 rings (SSSR count). The number of hydrogen-bond donors (Lipinski definition) is 1. The Morgan fingerprint density at radius 1 is 1.07 bits per heavy atom. The summed E-state index contributed by atoms with van der Waals surface area (Å²) in [4.78, 5) is 34.7. The van der Waals surface area contributed by atoms with Crippen LogP contribution < -0.4 is 5.32 Å². The Hall–Kier alpha value is -1.99. The highest BCUT2D eigenvalue weighted by Crippen LogP contribution is 2.37. The zero-order valence-corrected chi connectivity index (χ0v) is 17.5. The molecule has 2 aromatic rings. The van der Waals surface area contributed by atoms with Crippen LogP contribution in [0.15, 0.2) is 24.3 Å². The molecule has 3 heterocycles. The number of nitrogens with zero attached hydrogens (tertiary/aromatic N) is 3. The third-order valence-corrected chi connectivity index (χ3v) is 7.87. The van der Waals surface area contributed by atoms with E-state index in [1.54, 1.807) is 11.3 Å². The normalized spacial score (nSPS) is 25.5. The van der Waals surface area contributed by atoms with E-state index in [0.29, 0.717) is 6.67 Å². The minimum Gasteiger partial charge on any atom is -0.323 e. The molecule has 1 atom stereocenters. The molecular formula is C22H28N4O2S. The second kappa shape index (κ2) is 7.69. The third kappa shape index (κ3) is 3.44. The number of rotatable bonds is 3. The van der Waals surface area contributed by atoms with Gasteiger partial charge in [0.2, 0.25) is 0 Å². The lowest BCUT2D eigenvalue weighted by molar-refractivity contribution is -0.133. The Labute approximate surface area is 175 Å². The summed E-state index contributed by atoms with van der Waals surface area (Å²) in [5.74, 6) is -0.0157. The van der Waals surface area contributed by atoms with E-state index >= 15 is 0 Å². The number of urea groups is 1. The van der Waals surface area contributed by atoms with E-state index in [1.165, 1.54) is 9.60 Å². The molecule has 1 aromatic heterocycles. The summed E-state index contributed by atoms with van der Waals surface area (Å²) in [6.07, 6.45) is 9.14. The van der Waals surface area contributed by atoms with Gasteiger partial charge in [-0.1, -0.05) is 44.2 Å². The van der Waals surface area contributed by atoms with Crippen LogP contribution >= 0.6 is 11.3 Å². The fourth-order valence-corrected chi connectivity index (χ4v) is 6.27. The first-order valence-electron chi connectivity index (χ1n) is 10.9. The number of carbonyl (C=O) groups is 2. The van der Waals surface area contributed by atoms with E-state index in [0.717, 1.165) is 74.9 Å². The van der Waals surface area contributed by atoms with Crippen LogP contribution in [-0.2, 0) is 4.79 Å². The van der Waals surface area contributed by atoms with E-state index in [-0.39, 0.29) is 18.0 Å². The summed E-state index contributed by atoms with van der Waals surface area (Å²) in [6.45, 7) is 1.26. The molecule has 0 unspecified atom stereocenters. The molecule has 0 bridgehead atoms. The van der Waals surface area contributed by atoms with Gasteiger partial charge in [-0.15, -0.1) is 11.3 Å². The number of benzene rings is 1. The molecule has 2 aliphatic heterocycles. The number of likely N-dealkylation sites (tertiary alicyclic amines) is 1. The van der Waals surface area contributed by atoms with Gasteiger partial charge in [-0.25, -0.2) is 14.7 Å². The van der Waals surface area contributed by atoms with Gasteiger partial charge in [0.25, 0.3) is 5.91 Å². The van der Waals surface area contributed by atoms with E-state index in [9.17, 15) is 9.59 Å². The van der Waals surface area contributed by atoms with Crippen molar-refractivity contribution in [2.24, 2.45) is 0 Å². The lowest BCUT2D eigenvalue weighted by atomic mass is 9.90. The molecule has 3 amide bonds. The predicted octanol–water partition coefficient (Wildman–Crippen LogP) is 4.43. The average molecular weight is 413 g/mol. The van der Waals surface area contributed by atoms with E-state index in [1.807, 2.05) is 12.1 Å². The smallest absolute Gasteiger partial charge is 0.323 e. The van der Waals surface area contributed by atoms with E-state index in [2.05, 4.69) is 22.3 Å². The quantitative estimate of drug-likeness (QED) is 0.758. The van der Waals surface area contributed by atoms with Crippen LogP contribution in [0.4, 0.5) is 4.79 Å². The maximum atomic E-state index is 13.3. The molecule has 2 saturated heterocycles. The second-order valence-corrected chi connectivity index (χ2v) is 9.71.